The highest BCUT2D eigenvalue weighted by Crippen LogP contribution is 2.57. The van der Waals surface area contributed by atoms with Gasteiger partial charge in [0, 0.05) is 11.8 Å². The molecular weight excluding hydrogens is 290 g/mol. The van der Waals surface area contributed by atoms with E-state index in [1.165, 1.54) is 0 Å². The minimum absolute atomic E-state index is 0.0220. The summed E-state index contributed by atoms with van der Waals surface area (Å²) in [5.41, 5.74) is -1.64. The first-order chi connectivity index (χ1) is 9.97. The van der Waals surface area contributed by atoms with Crippen LogP contribution in [0.15, 0.2) is 24.5 Å². The fourth-order valence-electron chi connectivity index (χ4n) is 4.19. The summed E-state index contributed by atoms with van der Waals surface area (Å²) in [6.07, 6.45) is 6.98. The van der Waals surface area contributed by atoms with Crippen LogP contribution in [0.5, 0.6) is 0 Å². The lowest BCUT2D eigenvalue weighted by Crippen LogP contribution is -2.75. The first-order valence-corrected chi connectivity index (χ1v) is 8.12. The average molecular weight is 312 g/mol. The van der Waals surface area contributed by atoms with Gasteiger partial charge >= 0.3 is 0 Å². The molecule has 0 aromatic rings. The Kier molecular flexibility index (Phi) is 3.57. The largest absolute Gasteiger partial charge is 0.486 e. The number of aliphatic hydroxyl groups excluding tert-OH is 1. The molecule has 0 saturated carbocycles. The predicted molar refractivity (Wildman–Crippen MR) is 80.8 cm³/mol. The van der Waals surface area contributed by atoms with Crippen LogP contribution in [0.4, 0.5) is 0 Å². The number of amides is 1. The Morgan fingerprint density at radius 1 is 1.67 bits per heavy atom. The SMILES string of the molecule is C=C1O[C@@]2(C)[C@@H](CCCl)C(=O)N[C@@]12[C@@H](O)C1C=CCCC1. The van der Waals surface area contributed by atoms with E-state index in [0.29, 0.717) is 18.1 Å². The number of hydrogen-bond acceptors (Lipinski definition) is 3. The molecule has 2 N–H and O–H groups in total. The molecule has 0 aromatic carbocycles. The standard InChI is InChI=1S/C16H22ClNO3/c1-10-16(13(19)11-6-4-3-5-7-11)15(2,21-10)12(8-9-17)14(20)18-16/h4,6,11-13,19H,1,3,5,7-9H2,2H3,(H,18,20)/t11?,12-,13-,15-,16+/m0/s1. The Labute approximate surface area is 130 Å². The van der Waals surface area contributed by atoms with E-state index in [9.17, 15) is 9.90 Å². The number of carbonyl (C=O) groups is 1. The highest BCUT2D eigenvalue weighted by molar-refractivity contribution is 6.18. The van der Waals surface area contributed by atoms with Crippen molar-refractivity contribution in [3.63, 3.8) is 0 Å². The van der Waals surface area contributed by atoms with Crippen molar-refractivity contribution in [3.8, 4) is 0 Å². The number of alkyl halides is 1. The van der Waals surface area contributed by atoms with Crippen molar-refractivity contribution < 1.29 is 14.6 Å². The zero-order valence-electron chi connectivity index (χ0n) is 12.3. The molecule has 0 spiro atoms. The Morgan fingerprint density at radius 2 is 2.43 bits per heavy atom. The Balaban J connectivity index is 1.94. The first-order valence-electron chi connectivity index (χ1n) is 7.58. The van der Waals surface area contributed by atoms with E-state index < -0.39 is 17.2 Å². The van der Waals surface area contributed by atoms with Crippen LogP contribution in [0.25, 0.3) is 0 Å². The molecule has 3 rings (SSSR count). The van der Waals surface area contributed by atoms with Gasteiger partial charge in [-0.15, -0.1) is 11.6 Å². The Hall–Kier alpha value is -1.00. The fourth-order valence-corrected chi connectivity index (χ4v) is 4.41. The van der Waals surface area contributed by atoms with E-state index in [1.54, 1.807) is 0 Å². The van der Waals surface area contributed by atoms with Gasteiger partial charge in [-0.05, 0) is 32.6 Å². The van der Waals surface area contributed by atoms with Crippen molar-refractivity contribution in [2.24, 2.45) is 11.8 Å². The molecule has 0 radical (unpaired) electrons. The molecule has 5 atom stereocenters. The maximum Gasteiger partial charge on any atom is 0.228 e. The molecule has 2 fully saturated rings. The van der Waals surface area contributed by atoms with E-state index in [-0.39, 0.29) is 17.7 Å². The molecule has 2 saturated heterocycles. The molecule has 5 heteroatoms. The summed E-state index contributed by atoms with van der Waals surface area (Å²) in [5, 5.41) is 13.9. The van der Waals surface area contributed by atoms with E-state index in [0.717, 1.165) is 19.3 Å². The third-order valence-corrected chi connectivity index (χ3v) is 5.62. The summed E-state index contributed by atoms with van der Waals surface area (Å²) in [6, 6.07) is 0. The van der Waals surface area contributed by atoms with Crippen LogP contribution in [0, 0.1) is 11.8 Å². The van der Waals surface area contributed by atoms with E-state index in [4.69, 9.17) is 16.3 Å². The van der Waals surface area contributed by atoms with Gasteiger partial charge in [0.2, 0.25) is 5.91 Å². The zero-order valence-corrected chi connectivity index (χ0v) is 13.0. The molecule has 2 aliphatic heterocycles. The molecule has 1 aliphatic carbocycles. The number of ether oxygens (including phenoxy) is 1. The molecular formula is C16H22ClNO3. The van der Waals surface area contributed by atoms with Gasteiger partial charge < -0.3 is 15.2 Å². The smallest absolute Gasteiger partial charge is 0.228 e. The van der Waals surface area contributed by atoms with Crippen molar-refractivity contribution >= 4 is 17.5 Å². The number of rotatable bonds is 4. The Morgan fingerprint density at radius 3 is 3.00 bits per heavy atom. The van der Waals surface area contributed by atoms with Gasteiger partial charge in [-0.25, -0.2) is 0 Å². The highest BCUT2D eigenvalue weighted by Gasteiger charge is 2.75. The second kappa shape index (κ2) is 5.03. The lowest BCUT2D eigenvalue weighted by atomic mass is 9.63. The van der Waals surface area contributed by atoms with Crippen molar-refractivity contribution in [1.82, 2.24) is 5.32 Å². The summed E-state index contributed by atoms with van der Waals surface area (Å²) < 4.78 is 5.78. The summed E-state index contributed by atoms with van der Waals surface area (Å²) in [7, 11) is 0. The van der Waals surface area contributed by atoms with E-state index in [1.807, 2.05) is 6.92 Å². The van der Waals surface area contributed by atoms with Crippen LogP contribution in [0.3, 0.4) is 0 Å². The van der Waals surface area contributed by atoms with Crippen molar-refractivity contribution in [3.05, 3.63) is 24.5 Å². The minimum atomic E-state index is -0.882. The van der Waals surface area contributed by atoms with E-state index >= 15 is 0 Å². The molecule has 0 aromatic heterocycles. The highest BCUT2D eigenvalue weighted by atomic mass is 35.5. The van der Waals surface area contributed by atoms with Gasteiger partial charge in [0.25, 0.3) is 0 Å². The number of nitrogens with one attached hydrogen (secondary N) is 1. The van der Waals surface area contributed by atoms with Crippen molar-refractivity contribution in [2.45, 2.75) is 49.9 Å². The van der Waals surface area contributed by atoms with Crippen LogP contribution < -0.4 is 5.32 Å². The predicted octanol–water partition coefficient (Wildman–Crippen LogP) is 2.12. The van der Waals surface area contributed by atoms with Crippen LogP contribution in [0.1, 0.15) is 32.6 Å². The maximum absolute atomic E-state index is 12.3. The lowest BCUT2D eigenvalue weighted by Gasteiger charge is -2.58. The number of halogens is 1. The van der Waals surface area contributed by atoms with Gasteiger partial charge in [-0.1, -0.05) is 18.7 Å². The van der Waals surface area contributed by atoms with Gasteiger partial charge in [0.15, 0.2) is 11.1 Å². The molecule has 0 bridgehead atoms. The number of allylic oxidation sites excluding steroid dienone is 1. The molecule has 21 heavy (non-hydrogen) atoms. The summed E-state index contributed by atoms with van der Waals surface area (Å²) in [6.45, 7) is 5.79. The second-order valence-electron chi connectivity index (χ2n) is 6.43. The van der Waals surface area contributed by atoms with Crippen LogP contribution in [-0.2, 0) is 9.53 Å². The number of carbonyl (C=O) groups excluding carboxylic acids is 1. The second-order valence-corrected chi connectivity index (χ2v) is 6.81. The van der Waals surface area contributed by atoms with Crippen LogP contribution in [0.2, 0.25) is 0 Å². The van der Waals surface area contributed by atoms with Gasteiger partial charge in [-0.2, -0.15) is 0 Å². The van der Waals surface area contributed by atoms with Gasteiger partial charge in [-0.3, -0.25) is 4.79 Å². The molecule has 116 valence electrons. The van der Waals surface area contributed by atoms with Gasteiger partial charge in [0.05, 0.1) is 12.0 Å². The molecule has 1 amide bonds. The molecule has 3 aliphatic rings. The number of fused-ring (bicyclic) bond motifs is 1. The topological polar surface area (TPSA) is 58.6 Å². The summed E-state index contributed by atoms with van der Waals surface area (Å²) >= 11 is 5.82. The van der Waals surface area contributed by atoms with Crippen molar-refractivity contribution in [2.75, 3.05) is 5.88 Å². The Bertz CT molecular complexity index is 506. The molecule has 2 heterocycles. The fraction of sp³-hybridized carbons (Fsp3) is 0.688. The average Bonchev–Trinajstić information content (AvgIpc) is 2.65. The minimum Gasteiger partial charge on any atom is -0.486 e. The third kappa shape index (κ3) is 1.82. The first kappa shape index (κ1) is 14.9. The summed E-state index contributed by atoms with van der Waals surface area (Å²) in [5.74, 6) is 0.424. The van der Waals surface area contributed by atoms with Crippen molar-refractivity contribution in [1.29, 1.82) is 0 Å². The third-order valence-electron chi connectivity index (χ3n) is 5.40. The normalized spacial score (nSPS) is 42.8. The van der Waals surface area contributed by atoms with E-state index in [2.05, 4.69) is 24.0 Å². The maximum atomic E-state index is 12.3. The quantitative estimate of drug-likeness (QED) is 0.617. The molecule has 1 unspecified atom stereocenters. The van der Waals surface area contributed by atoms with Crippen LogP contribution >= 0.6 is 11.6 Å². The molecule has 4 nitrogen and oxygen atoms in total. The van der Waals surface area contributed by atoms with Crippen LogP contribution in [-0.4, -0.2) is 34.1 Å². The monoisotopic (exact) mass is 311 g/mol. The lowest BCUT2D eigenvalue weighted by molar-refractivity contribution is -0.201. The van der Waals surface area contributed by atoms with Gasteiger partial charge in [0.1, 0.15) is 5.76 Å². The summed E-state index contributed by atoms with van der Waals surface area (Å²) in [4.78, 5) is 12.3. The zero-order chi connectivity index (χ0) is 15.3. The number of hydrogen-bond donors (Lipinski definition) is 2. The number of aliphatic hydroxyl groups is 1.